The third kappa shape index (κ3) is 5.81. The van der Waals surface area contributed by atoms with E-state index < -0.39 is 8.38 Å². The lowest BCUT2D eigenvalue weighted by Gasteiger charge is -2.15. The molecule has 5 heteroatoms. The lowest BCUT2D eigenvalue weighted by molar-refractivity contribution is 0.303. The molecule has 0 aliphatic rings. The molecule has 0 rings (SSSR count). The highest BCUT2D eigenvalue weighted by Gasteiger charge is 2.14. The molecule has 0 aromatic heterocycles. The summed E-state index contributed by atoms with van der Waals surface area (Å²) in [6.07, 6.45) is 10.2. The average molecular weight is 340 g/mol. The van der Waals surface area contributed by atoms with Gasteiger partial charge in [-0.1, -0.05) is 43.7 Å². The van der Waals surface area contributed by atoms with Crippen molar-refractivity contribution >= 4 is 40.2 Å². The molecule has 0 spiro atoms. The molecule has 0 bridgehead atoms. The standard InChI is InChI=1S/C9H9Br2O2P/c1-3-5-12-14(13-6-4-2)9(7-10)8-11/h1-2,7H,5-6,8H2. The molecular weight excluding hydrogens is 331 g/mol. The highest BCUT2D eigenvalue weighted by atomic mass is 79.9. The summed E-state index contributed by atoms with van der Waals surface area (Å²) in [6, 6.07) is 0. The number of rotatable bonds is 6. The Hall–Kier alpha value is 0.170. The van der Waals surface area contributed by atoms with Gasteiger partial charge in [-0.2, -0.15) is 0 Å². The van der Waals surface area contributed by atoms with Gasteiger partial charge in [0.25, 0.3) is 0 Å². The van der Waals surface area contributed by atoms with E-state index in [1.54, 1.807) is 4.99 Å². The molecule has 0 aliphatic carbocycles. The van der Waals surface area contributed by atoms with Crippen molar-refractivity contribution in [1.29, 1.82) is 0 Å². The molecular formula is C9H9Br2O2P. The largest absolute Gasteiger partial charge is 0.318 e. The zero-order chi connectivity index (χ0) is 10.8. The molecule has 76 valence electrons. The third-order valence-electron chi connectivity index (χ3n) is 1.03. The van der Waals surface area contributed by atoms with Crippen LogP contribution in [-0.2, 0) is 9.05 Å². The highest BCUT2D eigenvalue weighted by molar-refractivity contribution is 9.11. The van der Waals surface area contributed by atoms with E-state index in [9.17, 15) is 0 Å². The normalized spacial score (nSPS) is 11.1. The molecule has 0 N–H and O–H groups in total. The summed E-state index contributed by atoms with van der Waals surface area (Å²) in [6.45, 7) is 0.432. The van der Waals surface area contributed by atoms with Crippen molar-refractivity contribution in [3.8, 4) is 24.7 Å². The van der Waals surface area contributed by atoms with Gasteiger partial charge in [0.1, 0.15) is 13.2 Å². The van der Waals surface area contributed by atoms with Crippen LogP contribution < -0.4 is 0 Å². The first-order valence-corrected chi connectivity index (χ1v) is 6.79. The molecule has 0 saturated carbocycles. The molecule has 0 aromatic carbocycles. The Morgan fingerprint density at radius 3 is 2.07 bits per heavy atom. The van der Waals surface area contributed by atoms with Crippen molar-refractivity contribution in [2.45, 2.75) is 0 Å². The van der Waals surface area contributed by atoms with Crippen LogP contribution in [-0.4, -0.2) is 18.5 Å². The van der Waals surface area contributed by atoms with Crippen molar-refractivity contribution in [3.63, 3.8) is 0 Å². The van der Waals surface area contributed by atoms with Crippen LogP contribution in [0, 0.1) is 24.7 Å². The average Bonchev–Trinajstić information content (AvgIpc) is 2.22. The van der Waals surface area contributed by atoms with Crippen LogP contribution in [0.3, 0.4) is 0 Å². The van der Waals surface area contributed by atoms with Crippen molar-refractivity contribution in [3.05, 3.63) is 10.3 Å². The summed E-state index contributed by atoms with van der Waals surface area (Å²) in [5.74, 6) is 4.76. The van der Waals surface area contributed by atoms with Crippen LogP contribution in [0.25, 0.3) is 0 Å². The molecule has 2 nitrogen and oxygen atoms in total. The van der Waals surface area contributed by atoms with Crippen LogP contribution in [0.15, 0.2) is 10.3 Å². The SMILES string of the molecule is C#CCOP(OCC#C)C(=CBr)CBr. The fourth-order valence-corrected chi connectivity index (χ4v) is 3.35. The number of alkyl halides is 1. The van der Waals surface area contributed by atoms with E-state index in [2.05, 4.69) is 43.7 Å². The van der Waals surface area contributed by atoms with E-state index in [0.29, 0.717) is 5.33 Å². The lowest BCUT2D eigenvalue weighted by atomic mass is 10.8. The smallest absolute Gasteiger partial charge is 0.204 e. The van der Waals surface area contributed by atoms with Crippen LogP contribution in [0.1, 0.15) is 0 Å². The van der Waals surface area contributed by atoms with Gasteiger partial charge in [-0.3, -0.25) is 0 Å². The van der Waals surface area contributed by atoms with Crippen LogP contribution in [0.4, 0.5) is 0 Å². The highest BCUT2D eigenvalue weighted by Crippen LogP contribution is 2.47. The van der Waals surface area contributed by atoms with Crippen LogP contribution in [0.5, 0.6) is 0 Å². The van der Waals surface area contributed by atoms with E-state index in [1.807, 2.05) is 0 Å². The second kappa shape index (κ2) is 9.71. The van der Waals surface area contributed by atoms with Crippen molar-refractivity contribution in [2.24, 2.45) is 0 Å². The molecule has 0 saturated heterocycles. The third-order valence-corrected chi connectivity index (χ3v) is 4.46. The Bertz CT molecular complexity index is 247. The van der Waals surface area contributed by atoms with Gasteiger partial charge < -0.3 is 9.05 Å². The van der Waals surface area contributed by atoms with Crippen LogP contribution >= 0.6 is 40.2 Å². The summed E-state index contributed by atoms with van der Waals surface area (Å²) in [4.78, 5) is 1.75. The Balaban J connectivity index is 4.24. The first kappa shape index (κ1) is 14.2. The van der Waals surface area contributed by atoms with E-state index in [4.69, 9.17) is 21.9 Å². The monoisotopic (exact) mass is 338 g/mol. The zero-order valence-electron chi connectivity index (χ0n) is 7.37. The quantitative estimate of drug-likeness (QED) is 0.420. The van der Waals surface area contributed by atoms with Crippen molar-refractivity contribution in [2.75, 3.05) is 18.5 Å². The summed E-state index contributed by atoms with van der Waals surface area (Å²) in [5.41, 5.74) is 0. The fraction of sp³-hybridized carbons (Fsp3) is 0.333. The topological polar surface area (TPSA) is 18.5 Å². The summed E-state index contributed by atoms with van der Waals surface area (Å²) in [7, 11) is -1.15. The fourth-order valence-electron chi connectivity index (χ4n) is 0.513. The number of hydrogen-bond donors (Lipinski definition) is 0. The lowest BCUT2D eigenvalue weighted by Crippen LogP contribution is -1.95. The maximum atomic E-state index is 5.32. The molecule has 0 fully saturated rings. The zero-order valence-corrected chi connectivity index (χ0v) is 11.4. The molecule has 0 unspecified atom stereocenters. The Labute approximate surface area is 103 Å². The Morgan fingerprint density at radius 1 is 1.29 bits per heavy atom. The minimum atomic E-state index is -1.15. The first-order chi connectivity index (χ1) is 6.79. The van der Waals surface area contributed by atoms with Gasteiger partial charge in [0.15, 0.2) is 0 Å². The molecule has 0 atom stereocenters. The van der Waals surface area contributed by atoms with Crippen LogP contribution in [0.2, 0.25) is 0 Å². The van der Waals surface area contributed by atoms with E-state index in [-0.39, 0.29) is 13.2 Å². The molecule has 0 radical (unpaired) electrons. The number of hydrogen-bond acceptors (Lipinski definition) is 2. The summed E-state index contributed by atoms with van der Waals surface area (Å²) < 4.78 is 10.6. The van der Waals surface area contributed by atoms with Gasteiger partial charge in [0.2, 0.25) is 8.38 Å². The molecule has 14 heavy (non-hydrogen) atoms. The first-order valence-electron chi connectivity index (χ1n) is 3.58. The maximum Gasteiger partial charge on any atom is 0.204 e. The number of terminal acetylenes is 2. The predicted octanol–water partition coefficient (Wildman–Crippen LogP) is 3.23. The van der Waals surface area contributed by atoms with Gasteiger partial charge in [0.05, 0.1) is 0 Å². The van der Waals surface area contributed by atoms with E-state index >= 15 is 0 Å². The van der Waals surface area contributed by atoms with Gasteiger partial charge >= 0.3 is 0 Å². The van der Waals surface area contributed by atoms with Gasteiger partial charge in [-0.15, -0.1) is 12.8 Å². The minimum Gasteiger partial charge on any atom is -0.318 e. The Morgan fingerprint density at radius 2 is 1.79 bits per heavy atom. The van der Waals surface area contributed by atoms with Gasteiger partial charge in [0, 0.05) is 10.6 Å². The number of halogens is 2. The van der Waals surface area contributed by atoms with Gasteiger partial charge in [-0.05, 0) is 4.99 Å². The minimum absolute atomic E-state index is 0.216. The van der Waals surface area contributed by atoms with Crippen molar-refractivity contribution < 1.29 is 9.05 Å². The Kier molecular flexibility index (Phi) is 9.83. The number of allylic oxidation sites excluding steroid dienone is 1. The predicted molar refractivity (Wildman–Crippen MR) is 67.3 cm³/mol. The second-order valence-corrected chi connectivity index (χ2v) is 4.57. The molecule has 0 amide bonds. The summed E-state index contributed by atoms with van der Waals surface area (Å²) >= 11 is 6.54. The van der Waals surface area contributed by atoms with Crippen molar-refractivity contribution in [1.82, 2.24) is 0 Å². The summed E-state index contributed by atoms with van der Waals surface area (Å²) in [5, 5.41) is 1.60. The maximum absolute atomic E-state index is 5.32. The molecule has 0 aliphatic heterocycles. The molecule has 0 heterocycles. The second-order valence-electron chi connectivity index (χ2n) is 1.95. The van der Waals surface area contributed by atoms with E-state index in [1.165, 1.54) is 0 Å². The molecule has 0 aromatic rings. The van der Waals surface area contributed by atoms with E-state index in [0.717, 1.165) is 5.31 Å². The van der Waals surface area contributed by atoms with Gasteiger partial charge in [-0.25, -0.2) is 0 Å².